The van der Waals surface area contributed by atoms with Gasteiger partial charge in [0, 0.05) is 18.4 Å². The van der Waals surface area contributed by atoms with Gasteiger partial charge in [0.15, 0.2) is 0 Å². The molecule has 17 heavy (non-hydrogen) atoms. The van der Waals surface area contributed by atoms with Gasteiger partial charge in [0.2, 0.25) is 5.92 Å². The van der Waals surface area contributed by atoms with E-state index in [2.05, 4.69) is 4.98 Å². The predicted molar refractivity (Wildman–Crippen MR) is 58.5 cm³/mol. The SMILES string of the molecule is Nc1ccc2c(n1)C1(CCC(F)(F)CC1)OC2. The van der Waals surface area contributed by atoms with Crippen molar-refractivity contribution in [2.24, 2.45) is 0 Å². The van der Waals surface area contributed by atoms with E-state index in [1.807, 2.05) is 6.07 Å². The first kappa shape index (κ1) is 10.9. The van der Waals surface area contributed by atoms with E-state index in [9.17, 15) is 8.78 Å². The highest BCUT2D eigenvalue weighted by atomic mass is 19.3. The molecule has 0 saturated heterocycles. The molecule has 1 spiro atoms. The molecule has 1 saturated carbocycles. The van der Waals surface area contributed by atoms with Gasteiger partial charge in [-0.3, -0.25) is 0 Å². The second kappa shape index (κ2) is 3.38. The number of alkyl halides is 2. The van der Waals surface area contributed by atoms with E-state index < -0.39 is 11.5 Å². The van der Waals surface area contributed by atoms with E-state index in [1.54, 1.807) is 6.07 Å². The number of hydrogen-bond acceptors (Lipinski definition) is 3. The van der Waals surface area contributed by atoms with E-state index in [0.717, 1.165) is 11.3 Å². The van der Waals surface area contributed by atoms with Gasteiger partial charge in [0.25, 0.3) is 0 Å². The lowest BCUT2D eigenvalue weighted by atomic mass is 9.80. The summed E-state index contributed by atoms with van der Waals surface area (Å²) in [5.41, 5.74) is 6.79. The third-order valence-corrected chi connectivity index (χ3v) is 3.73. The molecule has 2 N–H and O–H groups in total. The Labute approximate surface area is 98.0 Å². The number of pyridine rings is 1. The summed E-state index contributed by atoms with van der Waals surface area (Å²) in [6.07, 6.45) is 0.374. The summed E-state index contributed by atoms with van der Waals surface area (Å²) in [5, 5.41) is 0. The van der Waals surface area contributed by atoms with Crippen molar-refractivity contribution in [3.63, 3.8) is 0 Å². The van der Waals surface area contributed by atoms with E-state index in [0.29, 0.717) is 25.3 Å². The molecule has 0 bridgehead atoms. The monoisotopic (exact) mass is 240 g/mol. The Morgan fingerprint density at radius 3 is 2.59 bits per heavy atom. The fraction of sp³-hybridized carbons (Fsp3) is 0.583. The topological polar surface area (TPSA) is 48.1 Å². The number of ether oxygens (including phenoxy) is 1. The summed E-state index contributed by atoms with van der Waals surface area (Å²) in [5.74, 6) is -2.14. The van der Waals surface area contributed by atoms with Gasteiger partial charge >= 0.3 is 0 Å². The zero-order chi connectivity index (χ0) is 12.1. The molecule has 0 atom stereocenters. The average Bonchev–Trinajstić information content (AvgIpc) is 2.63. The van der Waals surface area contributed by atoms with Crippen molar-refractivity contribution in [2.75, 3.05) is 5.73 Å². The molecule has 2 heterocycles. The molecule has 3 rings (SSSR count). The molecule has 1 aliphatic carbocycles. The van der Waals surface area contributed by atoms with Crippen LogP contribution in [0.15, 0.2) is 12.1 Å². The van der Waals surface area contributed by atoms with Crippen LogP contribution in [-0.2, 0) is 16.9 Å². The molecule has 1 fully saturated rings. The Balaban J connectivity index is 1.95. The average molecular weight is 240 g/mol. The van der Waals surface area contributed by atoms with Gasteiger partial charge in [-0.05, 0) is 18.9 Å². The maximum Gasteiger partial charge on any atom is 0.248 e. The third-order valence-electron chi connectivity index (χ3n) is 3.73. The highest BCUT2D eigenvalue weighted by molar-refractivity contribution is 5.39. The maximum absolute atomic E-state index is 13.2. The quantitative estimate of drug-likeness (QED) is 0.758. The highest BCUT2D eigenvalue weighted by Crippen LogP contribution is 2.49. The molecular formula is C12H14F2N2O. The number of rotatable bonds is 0. The zero-order valence-electron chi connectivity index (χ0n) is 9.38. The van der Waals surface area contributed by atoms with Crippen LogP contribution >= 0.6 is 0 Å². The summed E-state index contributed by atoms with van der Waals surface area (Å²) in [6.45, 7) is 0.453. The second-order valence-corrected chi connectivity index (χ2v) is 4.88. The molecule has 0 aromatic carbocycles. The number of anilines is 1. The maximum atomic E-state index is 13.2. The van der Waals surface area contributed by atoms with Crippen molar-refractivity contribution in [1.29, 1.82) is 0 Å². The Hall–Kier alpha value is -1.23. The number of nitrogens with zero attached hydrogens (tertiary/aromatic N) is 1. The largest absolute Gasteiger partial charge is 0.384 e. The fourth-order valence-corrected chi connectivity index (χ4v) is 2.70. The first-order valence-corrected chi connectivity index (χ1v) is 5.79. The van der Waals surface area contributed by atoms with Gasteiger partial charge in [-0.2, -0.15) is 0 Å². The minimum atomic E-state index is -2.56. The van der Waals surface area contributed by atoms with Crippen LogP contribution in [0.5, 0.6) is 0 Å². The van der Waals surface area contributed by atoms with Crippen molar-refractivity contribution in [1.82, 2.24) is 4.98 Å². The zero-order valence-corrected chi connectivity index (χ0v) is 9.38. The van der Waals surface area contributed by atoms with Crippen LogP contribution < -0.4 is 5.73 Å². The van der Waals surface area contributed by atoms with Crippen molar-refractivity contribution in [2.45, 2.75) is 43.8 Å². The summed E-state index contributed by atoms with van der Waals surface area (Å²) in [6, 6.07) is 3.60. The predicted octanol–water partition coefficient (Wildman–Crippen LogP) is 2.60. The number of aromatic nitrogens is 1. The lowest BCUT2D eigenvalue weighted by Crippen LogP contribution is -2.36. The van der Waals surface area contributed by atoms with E-state index in [4.69, 9.17) is 10.5 Å². The van der Waals surface area contributed by atoms with Crippen LogP contribution in [0.2, 0.25) is 0 Å². The van der Waals surface area contributed by atoms with Gasteiger partial charge < -0.3 is 10.5 Å². The number of nitrogen functional groups attached to an aromatic ring is 1. The van der Waals surface area contributed by atoms with Crippen LogP contribution in [-0.4, -0.2) is 10.9 Å². The van der Waals surface area contributed by atoms with Crippen molar-refractivity contribution >= 4 is 5.82 Å². The molecule has 3 nitrogen and oxygen atoms in total. The Morgan fingerprint density at radius 1 is 1.18 bits per heavy atom. The van der Waals surface area contributed by atoms with Crippen molar-refractivity contribution in [3.8, 4) is 0 Å². The summed E-state index contributed by atoms with van der Waals surface area (Å²) in [7, 11) is 0. The van der Waals surface area contributed by atoms with E-state index in [-0.39, 0.29) is 12.8 Å². The van der Waals surface area contributed by atoms with Gasteiger partial charge in [-0.25, -0.2) is 13.8 Å². The molecule has 0 radical (unpaired) electrons. The molecular weight excluding hydrogens is 226 g/mol. The molecule has 1 aliphatic heterocycles. The molecule has 2 aliphatic rings. The van der Waals surface area contributed by atoms with Crippen LogP contribution in [0.1, 0.15) is 36.9 Å². The summed E-state index contributed by atoms with van der Waals surface area (Å²) >= 11 is 0. The molecule has 1 aromatic rings. The fourth-order valence-electron chi connectivity index (χ4n) is 2.70. The standard InChI is InChI=1S/C12H14F2N2O/c13-12(14)5-3-11(4-6-12)10-8(7-17-11)1-2-9(15)16-10/h1-2H,3-7H2,(H2,15,16). The Kier molecular flexibility index (Phi) is 2.17. The minimum Gasteiger partial charge on any atom is -0.384 e. The van der Waals surface area contributed by atoms with Gasteiger partial charge in [0.1, 0.15) is 11.4 Å². The van der Waals surface area contributed by atoms with Crippen LogP contribution in [0.25, 0.3) is 0 Å². The van der Waals surface area contributed by atoms with Crippen LogP contribution in [0, 0.1) is 0 Å². The number of hydrogen-bond donors (Lipinski definition) is 1. The molecule has 5 heteroatoms. The lowest BCUT2D eigenvalue weighted by molar-refractivity contribution is -0.132. The Bertz CT molecular complexity index is 452. The van der Waals surface area contributed by atoms with Crippen LogP contribution in [0.4, 0.5) is 14.6 Å². The van der Waals surface area contributed by atoms with E-state index in [1.165, 1.54) is 0 Å². The number of nitrogens with two attached hydrogens (primary N) is 1. The van der Waals surface area contributed by atoms with Gasteiger partial charge in [-0.15, -0.1) is 0 Å². The molecule has 92 valence electrons. The normalized spacial score (nSPS) is 24.8. The first-order chi connectivity index (χ1) is 8.01. The summed E-state index contributed by atoms with van der Waals surface area (Å²) in [4.78, 5) is 4.29. The molecule has 0 unspecified atom stereocenters. The molecule has 0 amide bonds. The van der Waals surface area contributed by atoms with E-state index >= 15 is 0 Å². The molecule has 1 aromatic heterocycles. The first-order valence-electron chi connectivity index (χ1n) is 5.79. The third kappa shape index (κ3) is 1.69. The number of halogens is 2. The highest BCUT2D eigenvalue weighted by Gasteiger charge is 2.49. The van der Waals surface area contributed by atoms with Gasteiger partial charge in [0.05, 0.1) is 12.3 Å². The smallest absolute Gasteiger partial charge is 0.248 e. The second-order valence-electron chi connectivity index (χ2n) is 4.88. The minimum absolute atomic E-state index is 0.136. The van der Waals surface area contributed by atoms with Gasteiger partial charge in [-0.1, -0.05) is 6.07 Å². The number of fused-ring (bicyclic) bond motifs is 2. The lowest BCUT2D eigenvalue weighted by Gasteiger charge is -2.36. The van der Waals surface area contributed by atoms with Crippen LogP contribution in [0.3, 0.4) is 0 Å². The van der Waals surface area contributed by atoms with Crippen molar-refractivity contribution < 1.29 is 13.5 Å². The van der Waals surface area contributed by atoms with Crippen molar-refractivity contribution in [3.05, 3.63) is 23.4 Å². The Morgan fingerprint density at radius 2 is 1.88 bits per heavy atom. The summed E-state index contributed by atoms with van der Waals surface area (Å²) < 4.78 is 32.1.